The van der Waals surface area contributed by atoms with E-state index >= 15 is 0 Å². The number of hydrogen-bond donors (Lipinski definition) is 1. The molecule has 3 heterocycles. The van der Waals surface area contributed by atoms with Gasteiger partial charge in [-0.3, -0.25) is 4.79 Å². The first-order chi connectivity index (χ1) is 10.6. The molecule has 8 nitrogen and oxygen atoms in total. The highest BCUT2D eigenvalue weighted by Gasteiger charge is 2.31. The fourth-order valence-electron chi connectivity index (χ4n) is 2.49. The maximum Gasteiger partial charge on any atom is 0.229 e. The highest BCUT2D eigenvalue weighted by Crippen LogP contribution is 2.21. The molecule has 0 spiro atoms. The van der Waals surface area contributed by atoms with E-state index in [0.717, 1.165) is 5.56 Å². The summed E-state index contributed by atoms with van der Waals surface area (Å²) in [7, 11) is 0. The minimum Gasteiger partial charge on any atom is -0.377 e. The van der Waals surface area contributed by atoms with Crippen LogP contribution in [0.2, 0.25) is 5.22 Å². The van der Waals surface area contributed by atoms with Crippen LogP contribution in [0.1, 0.15) is 23.7 Å². The van der Waals surface area contributed by atoms with Gasteiger partial charge in [0.25, 0.3) is 0 Å². The highest BCUT2D eigenvalue weighted by atomic mass is 35.5. The monoisotopic (exact) mass is 325 g/mol. The molecule has 2 atom stereocenters. The predicted octanol–water partition coefficient (Wildman–Crippen LogP) is 0.917. The van der Waals surface area contributed by atoms with Crippen molar-refractivity contribution in [1.29, 1.82) is 0 Å². The Morgan fingerprint density at radius 1 is 1.55 bits per heavy atom. The van der Waals surface area contributed by atoms with Crippen LogP contribution in [0.4, 0.5) is 0 Å². The number of rotatable bonds is 5. The standard InChI is InChI=1S/C13H16ClN5O3/c1-8-9(13(14)22-17-8)2-3-12(20)16-10-6-21-7-11(10)19-5-4-15-18-19/h4-5,10-11H,2-3,6-7H2,1H3,(H,16,20)/t10-,11+/m0/s1. The second-order valence-corrected chi connectivity index (χ2v) is 5.53. The van der Waals surface area contributed by atoms with Gasteiger partial charge in [-0.2, -0.15) is 0 Å². The molecule has 9 heteroatoms. The van der Waals surface area contributed by atoms with E-state index in [-0.39, 0.29) is 23.2 Å². The second-order valence-electron chi connectivity index (χ2n) is 5.18. The topological polar surface area (TPSA) is 95.1 Å². The minimum absolute atomic E-state index is 0.0348. The van der Waals surface area contributed by atoms with Crippen LogP contribution in [0, 0.1) is 6.92 Å². The van der Waals surface area contributed by atoms with Crippen LogP contribution in [-0.4, -0.2) is 45.3 Å². The van der Waals surface area contributed by atoms with Crippen LogP contribution < -0.4 is 5.32 Å². The molecule has 2 aromatic heterocycles. The third-order valence-electron chi connectivity index (χ3n) is 3.72. The Labute approximate surface area is 131 Å². The molecule has 1 N–H and O–H groups in total. The van der Waals surface area contributed by atoms with Crippen molar-refractivity contribution in [3.05, 3.63) is 28.9 Å². The van der Waals surface area contributed by atoms with Crippen molar-refractivity contribution in [3.8, 4) is 0 Å². The lowest BCUT2D eigenvalue weighted by atomic mass is 10.1. The maximum absolute atomic E-state index is 12.1. The van der Waals surface area contributed by atoms with Gasteiger partial charge in [0.15, 0.2) is 0 Å². The average Bonchev–Trinajstić information content (AvgIpc) is 3.20. The van der Waals surface area contributed by atoms with Crippen molar-refractivity contribution in [2.24, 2.45) is 0 Å². The molecule has 3 rings (SSSR count). The SMILES string of the molecule is Cc1noc(Cl)c1CCC(=O)N[C@H]1COC[C@H]1n1ccnn1. The van der Waals surface area contributed by atoms with Gasteiger partial charge in [-0.1, -0.05) is 10.4 Å². The lowest BCUT2D eigenvalue weighted by molar-refractivity contribution is -0.122. The first kappa shape index (κ1) is 15.0. The number of nitrogens with zero attached hydrogens (tertiary/aromatic N) is 4. The molecule has 2 aromatic rings. The quantitative estimate of drug-likeness (QED) is 0.878. The molecule has 0 saturated carbocycles. The van der Waals surface area contributed by atoms with E-state index in [1.54, 1.807) is 24.0 Å². The number of carbonyl (C=O) groups is 1. The zero-order valence-electron chi connectivity index (χ0n) is 12.0. The minimum atomic E-state index is -0.117. The number of halogens is 1. The summed E-state index contributed by atoms with van der Waals surface area (Å²) in [4.78, 5) is 12.1. The number of amides is 1. The Hall–Kier alpha value is -1.93. The third kappa shape index (κ3) is 3.12. The number of nitrogens with one attached hydrogen (secondary N) is 1. The van der Waals surface area contributed by atoms with E-state index in [9.17, 15) is 4.79 Å². The van der Waals surface area contributed by atoms with E-state index in [4.69, 9.17) is 20.9 Å². The summed E-state index contributed by atoms with van der Waals surface area (Å²) in [5, 5.41) is 14.7. The van der Waals surface area contributed by atoms with Crippen LogP contribution in [0.15, 0.2) is 16.9 Å². The number of hydrogen-bond acceptors (Lipinski definition) is 6. The highest BCUT2D eigenvalue weighted by molar-refractivity contribution is 6.29. The van der Waals surface area contributed by atoms with Gasteiger partial charge in [0, 0.05) is 18.2 Å². The summed E-state index contributed by atoms with van der Waals surface area (Å²) in [5.41, 5.74) is 1.48. The second kappa shape index (κ2) is 6.45. The fourth-order valence-corrected chi connectivity index (χ4v) is 2.76. The van der Waals surface area contributed by atoms with Gasteiger partial charge < -0.3 is 14.6 Å². The van der Waals surface area contributed by atoms with Crippen LogP contribution in [0.25, 0.3) is 0 Å². The molecule has 1 aliphatic rings. The van der Waals surface area contributed by atoms with E-state index in [0.29, 0.717) is 31.7 Å². The van der Waals surface area contributed by atoms with E-state index in [2.05, 4.69) is 20.8 Å². The molecule has 1 fully saturated rings. The summed E-state index contributed by atoms with van der Waals surface area (Å²) in [6.07, 6.45) is 4.16. The third-order valence-corrected chi connectivity index (χ3v) is 4.01. The molecule has 1 saturated heterocycles. The zero-order chi connectivity index (χ0) is 15.5. The van der Waals surface area contributed by atoms with Crippen LogP contribution >= 0.6 is 11.6 Å². The normalized spacial score (nSPS) is 21.2. The first-order valence-electron chi connectivity index (χ1n) is 6.98. The average molecular weight is 326 g/mol. The van der Waals surface area contributed by atoms with Crippen LogP contribution in [-0.2, 0) is 16.0 Å². The summed E-state index contributed by atoms with van der Waals surface area (Å²) in [6, 6.07) is -0.152. The largest absolute Gasteiger partial charge is 0.377 e. The van der Waals surface area contributed by atoms with E-state index in [1.807, 2.05) is 0 Å². The van der Waals surface area contributed by atoms with Crippen molar-refractivity contribution in [1.82, 2.24) is 25.5 Å². The lowest BCUT2D eigenvalue weighted by Crippen LogP contribution is -2.41. The molecule has 1 aliphatic heterocycles. The van der Waals surface area contributed by atoms with Gasteiger partial charge in [0.05, 0.1) is 37.2 Å². The molecule has 118 valence electrons. The van der Waals surface area contributed by atoms with Gasteiger partial charge in [0.2, 0.25) is 11.1 Å². The summed E-state index contributed by atoms with van der Waals surface area (Å²) in [5.74, 6) is -0.0720. The number of carbonyl (C=O) groups excluding carboxylic acids is 1. The molecule has 0 radical (unpaired) electrons. The van der Waals surface area contributed by atoms with Crippen molar-refractivity contribution >= 4 is 17.5 Å². The van der Waals surface area contributed by atoms with Crippen molar-refractivity contribution in [3.63, 3.8) is 0 Å². The Bertz CT molecular complexity index is 623. The molecule has 0 unspecified atom stereocenters. The molecular formula is C13H16ClN5O3. The van der Waals surface area contributed by atoms with Crippen molar-refractivity contribution in [2.75, 3.05) is 13.2 Å². The smallest absolute Gasteiger partial charge is 0.229 e. The number of aryl methyl sites for hydroxylation is 1. The summed E-state index contributed by atoms with van der Waals surface area (Å²) < 4.78 is 12.0. The van der Waals surface area contributed by atoms with Crippen LogP contribution in [0.5, 0.6) is 0 Å². The predicted molar refractivity (Wildman–Crippen MR) is 76.4 cm³/mol. The fraction of sp³-hybridized carbons (Fsp3) is 0.538. The maximum atomic E-state index is 12.1. The van der Waals surface area contributed by atoms with Crippen molar-refractivity contribution < 1.29 is 14.1 Å². The molecular weight excluding hydrogens is 310 g/mol. The first-order valence-corrected chi connectivity index (χ1v) is 7.36. The van der Waals surface area contributed by atoms with Gasteiger partial charge in [-0.15, -0.1) is 5.10 Å². The molecule has 0 aliphatic carbocycles. The lowest BCUT2D eigenvalue weighted by Gasteiger charge is -2.18. The number of aromatic nitrogens is 4. The Morgan fingerprint density at radius 3 is 3.09 bits per heavy atom. The van der Waals surface area contributed by atoms with Crippen LogP contribution in [0.3, 0.4) is 0 Å². The van der Waals surface area contributed by atoms with Gasteiger partial charge >= 0.3 is 0 Å². The Kier molecular flexibility index (Phi) is 4.39. The molecule has 0 aromatic carbocycles. The summed E-state index contributed by atoms with van der Waals surface area (Å²) >= 11 is 5.89. The molecule has 1 amide bonds. The van der Waals surface area contributed by atoms with Gasteiger partial charge in [-0.25, -0.2) is 4.68 Å². The Morgan fingerprint density at radius 2 is 2.41 bits per heavy atom. The van der Waals surface area contributed by atoms with Crippen molar-refractivity contribution in [2.45, 2.75) is 31.8 Å². The van der Waals surface area contributed by atoms with Gasteiger partial charge in [-0.05, 0) is 24.9 Å². The van der Waals surface area contributed by atoms with E-state index < -0.39 is 0 Å². The molecule has 0 bridgehead atoms. The molecule has 22 heavy (non-hydrogen) atoms. The van der Waals surface area contributed by atoms with E-state index in [1.165, 1.54) is 0 Å². The summed E-state index contributed by atoms with van der Waals surface area (Å²) in [6.45, 7) is 2.77. The zero-order valence-corrected chi connectivity index (χ0v) is 12.8. The van der Waals surface area contributed by atoms with Gasteiger partial charge in [0.1, 0.15) is 0 Å². The Balaban J connectivity index is 1.55. The number of ether oxygens (including phenoxy) is 1.